The van der Waals surface area contributed by atoms with Gasteiger partial charge in [-0.1, -0.05) is 81.3 Å². The number of ether oxygens (including phenoxy) is 3. The zero-order chi connectivity index (χ0) is 33.3. The summed E-state index contributed by atoms with van der Waals surface area (Å²) in [7, 11) is 3.04. The number of hydrazine groups is 1. The van der Waals surface area contributed by atoms with Crippen LogP contribution in [0.2, 0.25) is 0 Å². The summed E-state index contributed by atoms with van der Waals surface area (Å²) in [5, 5.41) is 16.0. The molecule has 5 N–H and O–H groups in total. The van der Waals surface area contributed by atoms with E-state index in [1.807, 2.05) is 52.8 Å². The highest BCUT2D eigenvalue weighted by Gasteiger charge is 2.32. The fourth-order valence-corrected chi connectivity index (χ4v) is 4.24. The number of methoxy groups -OCH3 is 1. The predicted octanol–water partition coefficient (Wildman–Crippen LogP) is 4.63. The number of amides is 3. The van der Waals surface area contributed by atoms with E-state index in [0.717, 1.165) is 5.57 Å². The summed E-state index contributed by atoms with van der Waals surface area (Å²) in [5.74, 6) is -0.345. The molecule has 0 aromatic carbocycles. The molecule has 0 saturated carbocycles. The minimum atomic E-state index is -1.07. The van der Waals surface area contributed by atoms with E-state index in [1.165, 1.54) is 19.4 Å². The van der Waals surface area contributed by atoms with E-state index in [1.54, 1.807) is 38.3 Å². The van der Waals surface area contributed by atoms with Gasteiger partial charge in [-0.25, -0.2) is 10.2 Å². The molecule has 0 aliphatic carbocycles. The van der Waals surface area contributed by atoms with Crippen molar-refractivity contribution in [2.45, 2.75) is 85.3 Å². The van der Waals surface area contributed by atoms with Gasteiger partial charge in [-0.2, -0.15) is 0 Å². The number of halogens is 1. The monoisotopic (exact) mass is 636 g/mol. The highest BCUT2D eigenvalue weighted by Crippen LogP contribution is 2.25. The Balaban J connectivity index is 2.72. The van der Waals surface area contributed by atoms with Crippen molar-refractivity contribution in [2.24, 2.45) is 11.3 Å². The molecule has 0 aromatic rings. The summed E-state index contributed by atoms with van der Waals surface area (Å²) < 4.78 is 16.1. The van der Waals surface area contributed by atoms with Gasteiger partial charge in [-0.15, -0.1) is 0 Å². The summed E-state index contributed by atoms with van der Waals surface area (Å²) in [5.41, 5.74) is 5.24. The van der Waals surface area contributed by atoms with Gasteiger partial charge in [0.2, 0.25) is 18.1 Å². The Labute approximate surface area is 266 Å². The highest BCUT2D eigenvalue weighted by molar-refractivity contribution is 6.29. The average molecular weight is 637 g/mol. The first-order chi connectivity index (χ1) is 20.7. The SMILES string of the molecule is CNNC(=O)O[C@H](C/C=C\NC(=O)[C@@H](NC(=O)\C=C/C=C\C(C)=C\[C@H](C)[C@@H]1CC=C(OC)[C@H](O)O1)C(C)(C)C)C/C=C(\C)Cl. The fraction of sp³-hybridized carbons (Fsp3) is 0.531. The van der Waals surface area contributed by atoms with E-state index in [9.17, 15) is 19.5 Å². The molecule has 1 rings (SSSR count). The van der Waals surface area contributed by atoms with E-state index >= 15 is 0 Å². The number of rotatable bonds is 15. The maximum absolute atomic E-state index is 13.0. The summed E-state index contributed by atoms with van der Waals surface area (Å²) in [6, 6.07) is -0.815. The molecule has 5 atom stereocenters. The Bertz CT molecular complexity index is 1130. The van der Waals surface area contributed by atoms with Crippen LogP contribution >= 0.6 is 11.6 Å². The summed E-state index contributed by atoms with van der Waals surface area (Å²) >= 11 is 5.91. The van der Waals surface area contributed by atoms with Gasteiger partial charge < -0.3 is 30.0 Å². The van der Waals surface area contributed by atoms with Gasteiger partial charge in [0.15, 0.2) is 0 Å². The molecule has 0 aromatic heterocycles. The molecule has 0 spiro atoms. The van der Waals surface area contributed by atoms with E-state index in [4.69, 9.17) is 25.8 Å². The van der Waals surface area contributed by atoms with Crippen LogP contribution in [-0.2, 0) is 23.8 Å². The molecule has 0 radical (unpaired) electrons. The number of aliphatic hydroxyl groups excluding tert-OH is 1. The molecular formula is C32H49ClN4O7. The Morgan fingerprint density at radius 1 is 1.18 bits per heavy atom. The molecule has 1 aliphatic heterocycles. The molecule has 1 heterocycles. The third-order valence-corrected chi connectivity index (χ3v) is 6.64. The van der Waals surface area contributed by atoms with Crippen LogP contribution in [0.25, 0.3) is 0 Å². The normalized spacial score (nSPS) is 20.3. The fourth-order valence-electron chi connectivity index (χ4n) is 4.15. The van der Waals surface area contributed by atoms with Crippen molar-refractivity contribution in [3.63, 3.8) is 0 Å². The topological polar surface area (TPSA) is 147 Å². The first-order valence-corrected chi connectivity index (χ1v) is 14.9. The Morgan fingerprint density at radius 2 is 1.86 bits per heavy atom. The van der Waals surface area contributed by atoms with Gasteiger partial charge >= 0.3 is 6.09 Å². The van der Waals surface area contributed by atoms with Crippen molar-refractivity contribution in [2.75, 3.05) is 14.2 Å². The van der Waals surface area contributed by atoms with Crippen molar-refractivity contribution in [1.82, 2.24) is 21.5 Å². The lowest BCUT2D eigenvalue weighted by atomic mass is 9.86. The molecule has 0 saturated heterocycles. The zero-order valence-electron chi connectivity index (χ0n) is 27.0. The largest absolute Gasteiger partial charge is 0.496 e. The van der Waals surface area contributed by atoms with Crippen LogP contribution < -0.4 is 21.5 Å². The number of allylic oxidation sites excluding steroid dienone is 5. The smallest absolute Gasteiger partial charge is 0.421 e. The number of hydrogen-bond donors (Lipinski definition) is 5. The van der Waals surface area contributed by atoms with Gasteiger partial charge in [0, 0.05) is 36.9 Å². The molecule has 1 aliphatic rings. The standard InChI is InChI=1S/C32H49ClN4O7/c1-21(20-22(2)25-17-18-26(42-8)30(40)44-25)12-9-10-14-27(38)36-28(32(4,5)6)29(39)35-19-11-13-24(16-15-23(3)33)43-31(41)37-34-7/h9-12,14-15,18-20,22,24-25,28,30,34,40H,13,16-17H2,1-8H3,(H,35,39)(H,36,38)(H,37,41)/b12-9-,14-10-,19-11-,21-20+,23-15+/t22-,24+,25-,28+,30+/m0/s1. The van der Waals surface area contributed by atoms with E-state index < -0.39 is 35.9 Å². The Morgan fingerprint density at radius 3 is 2.45 bits per heavy atom. The third kappa shape index (κ3) is 15.4. The van der Waals surface area contributed by atoms with Crippen molar-refractivity contribution >= 4 is 29.5 Å². The molecule has 11 nitrogen and oxygen atoms in total. The average Bonchev–Trinajstić information content (AvgIpc) is 2.94. The second-order valence-corrected chi connectivity index (χ2v) is 12.0. The quantitative estimate of drug-likeness (QED) is 0.0993. The Kier molecular flexibility index (Phi) is 17.4. The number of aliphatic hydroxyl groups is 1. The van der Waals surface area contributed by atoms with Gasteiger partial charge in [0.1, 0.15) is 17.9 Å². The minimum absolute atomic E-state index is 0.0410. The van der Waals surface area contributed by atoms with Crippen molar-refractivity contribution in [3.8, 4) is 0 Å². The number of hydrogen-bond acceptors (Lipinski definition) is 8. The molecular weight excluding hydrogens is 588 g/mol. The molecule has 246 valence electrons. The van der Waals surface area contributed by atoms with E-state index in [-0.39, 0.29) is 17.9 Å². The highest BCUT2D eigenvalue weighted by atomic mass is 35.5. The molecule has 0 fully saturated rings. The molecule has 12 heteroatoms. The van der Waals surface area contributed by atoms with Crippen molar-refractivity contribution in [1.29, 1.82) is 0 Å². The van der Waals surface area contributed by atoms with Crippen LogP contribution in [0, 0.1) is 11.3 Å². The molecule has 44 heavy (non-hydrogen) atoms. The maximum Gasteiger partial charge on any atom is 0.421 e. The second kappa shape index (κ2) is 19.8. The van der Waals surface area contributed by atoms with Crippen molar-refractivity contribution in [3.05, 3.63) is 71.2 Å². The molecule has 3 amide bonds. The molecule has 0 bridgehead atoms. The van der Waals surface area contributed by atoms with Crippen LogP contribution in [0.5, 0.6) is 0 Å². The van der Waals surface area contributed by atoms with Crippen LogP contribution in [0.3, 0.4) is 0 Å². The van der Waals surface area contributed by atoms with Crippen LogP contribution in [0.4, 0.5) is 4.79 Å². The second-order valence-electron chi connectivity index (χ2n) is 11.4. The Hall–Kier alpha value is -3.38. The summed E-state index contributed by atoms with van der Waals surface area (Å²) in [4.78, 5) is 37.4. The maximum atomic E-state index is 13.0. The van der Waals surface area contributed by atoms with E-state index in [0.29, 0.717) is 30.1 Å². The zero-order valence-corrected chi connectivity index (χ0v) is 27.7. The minimum Gasteiger partial charge on any atom is -0.496 e. The van der Waals surface area contributed by atoms with Crippen LogP contribution in [0.15, 0.2) is 71.2 Å². The summed E-state index contributed by atoms with van der Waals surface area (Å²) in [6.07, 6.45) is 14.3. The van der Waals surface area contributed by atoms with Crippen LogP contribution in [-0.4, -0.2) is 61.7 Å². The van der Waals surface area contributed by atoms with E-state index in [2.05, 4.69) is 21.5 Å². The molecule has 0 unspecified atom stereocenters. The van der Waals surface area contributed by atoms with Gasteiger partial charge in [-0.05, 0) is 38.0 Å². The lowest BCUT2D eigenvalue weighted by molar-refractivity contribution is -0.150. The van der Waals surface area contributed by atoms with Gasteiger partial charge in [-0.3, -0.25) is 15.0 Å². The number of carbonyl (C=O) groups is 3. The van der Waals surface area contributed by atoms with Crippen molar-refractivity contribution < 1.29 is 33.7 Å². The van der Waals surface area contributed by atoms with Gasteiger partial charge in [0.05, 0.1) is 13.2 Å². The van der Waals surface area contributed by atoms with Crippen LogP contribution in [0.1, 0.15) is 60.8 Å². The first-order valence-electron chi connectivity index (χ1n) is 14.5. The lowest BCUT2D eigenvalue weighted by Gasteiger charge is -2.29. The lowest BCUT2D eigenvalue weighted by Crippen LogP contribution is -2.52. The number of nitrogens with one attached hydrogen (secondary N) is 4. The summed E-state index contributed by atoms with van der Waals surface area (Å²) in [6.45, 7) is 11.2. The third-order valence-electron chi connectivity index (χ3n) is 6.48. The predicted molar refractivity (Wildman–Crippen MR) is 172 cm³/mol. The number of carbonyl (C=O) groups excluding carboxylic acids is 3. The first kappa shape index (κ1) is 38.6. The van der Waals surface area contributed by atoms with Gasteiger partial charge in [0.25, 0.3) is 0 Å².